The number of benzene rings is 3. The molecule has 8 rings (SSSR count). The number of phenols is 1. The SMILES string of the molecule is O=C1C=C(Br)C(=O)C2=C1[C@@H](c1c(O)ccc3ccccc13)C1=CC[C@@H]3C(=O)N(c4ccc(N5CCOCC5)cc4)C(=O)[C@@H]3[C@@H]1C2. The van der Waals surface area contributed by atoms with Crippen LogP contribution in [-0.4, -0.2) is 54.8 Å². The Morgan fingerprint density at radius 1 is 0.844 bits per heavy atom. The summed E-state index contributed by atoms with van der Waals surface area (Å²) in [6.07, 6.45) is 3.77. The molecule has 2 saturated heterocycles. The molecule has 0 radical (unpaired) electrons. The highest BCUT2D eigenvalue weighted by Crippen LogP contribution is 2.57. The number of amides is 2. The van der Waals surface area contributed by atoms with Gasteiger partial charge in [0, 0.05) is 47.5 Å². The van der Waals surface area contributed by atoms with E-state index in [-0.39, 0.29) is 40.0 Å². The minimum atomic E-state index is -0.733. The lowest BCUT2D eigenvalue weighted by molar-refractivity contribution is -0.123. The zero-order chi connectivity index (χ0) is 31.0. The average Bonchev–Trinajstić information content (AvgIpc) is 3.32. The van der Waals surface area contributed by atoms with Crippen molar-refractivity contribution >= 4 is 61.5 Å². The number of morpholine rings is 1. The van der Waals surface area contributed by atoms with Crippen molar-refractivity contribution in [2.45, 2.75) is 18.8 Å². The number of hydrogen-bond acceptors (Lipinski definition) is 7. The molecule has 45 heavy (non-hydrogen) atoms. The predicted octanol–water partition coefficient (Wildman–Crippen LogP) is 5.35. The van der Waals surface area contributed by atoms with Crippen LogP contribution in [-0.2, 0) is 23.9 Å². The first-order chi connectivity index (χ1) is 21.8. The van der Waals surface area contributed by atoms with E-state index in [1.807, 2.05) is 60.7 Å². The molecule has 3 aromatic rings. The monoisotopic (exact) mass is 664 g/mol. The van der Waals surface area contributed by atoms with Gasteiger partial charge in [-0.15, -0.1) is 0 Å². The van der Waals surface area contributed by atoms with Crippen LogP contribution in [0.3, 0.4) is 0 Å². The zero-order valence-corrected chi connectivity index (χ0v) is 25.8. The minimum absolute atomic E-state index is 0.0129. The van der Waals surface area contributed by atoms with Gasteiger partial charge in [-0.05, 0) is 75.8 Å². The maximum atomic E-state index is 14.3. The fourth-order valence-electron chi connectivity index (χ4n) is 8.01. The number of fused-ring (bicyclic) bond motifs is 4. The summed E-state index contributed by atoms with van der Waals surface area (Å²) in [6.45, 7) is 2.86. The Morgan fingerprint density at radius 2 is 1.58 bits per heavy atom. The number of anilines is 2. The van der Waals surface area contributed by atoms with E-state index in [9.17, 15) is 24.3 Å². The van der Waals surface area contributed by atoms with Crippen LogP contribution < -0.4 is 9.80 Å². The third kappa shape index (κ3) is 4.28. The van der Waals surface area contributed by atoms with E-state index >= 15 is 0 Å². The van der Waals surface area contributed by atoms with Crippen molar-refractivity contribution in [2.24, 2.45) is 17.8 Å². The van der Waals surface area contributed by atoms with Gasteiger partial charge in [0.2, 0.25) is 11.8 Å². The number of carbonyl (C=O) groups is 4. The van der Waals surface area contributed by atoms with Crippen molar-refractivity contribution in [1.82, 2.24) is 0 Å². The molecule has 226 valence electrons. The van der Waals surface area contributed by atoms with Gasteiger partial charge < -0.3 is 14.7 Å². The van der Waals surface area contributed by atoms with E-state index in [4.69, 9.17) is 4.74 Å². The molecule has 3 aliphatic carbocycles. The van der Waals surface area contributed by atoms with Crippen LogP contribution in [0.25, 0.3) is 10.8 Å². The number of aromatic hydroxyl groups is 1. The van der Waals surface area contributed by atoms with Crippen LogP contribution in [0.4, 0.5) is 11.4 Å². The largest absolute Gasteiger partial charge is 0.508 e. The molecule has 2 aliphatic heterocycles. The fraction of sp³-hybridized carbons (Fsp3) is 0.278. The molecule has 2 amide bonds. The van der Waals surface area contributed by atoms with Crippen molar-refractivity contribution in [3.8, 4) is 5.75 Å². The van der Waals surface area contributed by atoms with E-state index in [1.165, 1.54) is 11.0 Å². The molecule has 4 atom stereocenters. The summed E-state index contributed by atoms with van der Waals surface area (Å²) in [4.78, 5) is 59.0. The second-order valence-corrected chi connectivity index (χ2v) is 13.1. The van der Waals surface area contributed by atoms with Crippen LogP contribution in [0.15, 0.2) is 94.0 Å². The minimum Gasteiger partial charge on any atom is -0.508 e. The van der Waals surface area contributed by atoms with Crippen molar-refractivity contribution in [1.29, 1.82) is 0 Å². The van der Waals surface area contributed by atoms with Crippen molar-refractivity contribution in [2.75, 3.05) is 36.1 Å². The molecule has 2 fully saturated rings. The van der Waals surface area contributed by atoms with Crippen LogP contribution in [0.5, 0.6) is 5.75 Å². The summed E-state index contributed by atoms with van der Waals surface area (Å²) in [5, 5.41) is 13.0. The van der Waals surface area contributed by atoms with E-state index in [2.05, 4.69) is 20.8 Å². The highest BCUT2D eigenvalue weighted by atomic mass is 79.9. The first-order valence-corrected chi connectivity index (χ1v) is 16.0. The number of imide groups is 1. The van der Waals surface area contributed by atoms with Crippen LogP contribution in [0.2, 0.25) is 0 Å². The van der Waals surface area contributed by atoms with Crippen molar-refractivity contribution in [3.05, 3.63) is 99.6 Å². The molecule has 1 N–H and O–H groups in total. The Morgan fingerprint density at radius 3 is 2.36 bits per heavy atom. The van der Waals surface area contributed by atoms with Crippen LogP contribution in [0.1, 0.15) is 24.3 Å². The first kappa shape index (κ1) is 28.2. The fourth-order valence-corrected chi connectivity index (χ4v) is 8.46. The zero-order valence-electron chi connectivity index (χ0n) is 24.2. The Labute approximate surface area is 267 Å². The Balaban J connectivity index is 1.22. The third-order valence-corrected chi connectivity index (χ3v) is 10.6. The summed E-state index contributed by atoms with van der Waals surface area (Å²) in [5.41, 5.74) is 3.54. The average molecular weight is 666 g/mol. The Kier molecular flexibility index (Phi) is 6.65. The maximum absolute atomic E-state index is 14.3. The second-order valence-electron chi connectivity index (χ2n) is 12.2. The van der Waals surface area contributed by atoms with Crippen molar-refractivity contribution in [3.63, 3.8) is 0 Å². The number of ether oxygens (including phenoxy) is 1. The number of allylic oxidation sites excluding steroid dienone is 6. The molecule has 8 nitrogen and oxygen atoms in total. The molecule has 0 aromatic heterocycles. The highest BCUT2D eigenvalue weighted by molar-refractivity contribution is 9.12. The highest BCUT2D eigenvalue weighted by Gasteiger charge is 2.57. The number of halogens is 1. The smallest absolute Gasteiger partial charge is 0.238 e. The molecule has 9 heteroatoms. The van der Waals surface area contributed by atoms with Gasteiger partial charge in [0.15, 0.2) is 11.6 Å². The summed E-state index contributed by atoms with van der Waals surface area (Å²) in [7, 11) is 0. The molecule has 0 unspecified atom stereocenters. The first-order valence-electron chi connectivity index (χ1n) is 15.2. The number of phenolic OH excluding ortho intramolecular Hbond substituents is 1. The number of rotatable bonds is 3. The molecule has 0 bridgehead atoms. The summed E-state index contributed by atoms with van der Waals surface area (Å²) < 4.78 is 5.63. The van der Waals surface area contributed by atoms with Gasteiger partial charge in [-0.1, -0.05) is 42.0 Å². The number of Topliss-reactive ketones (excluding diaryl/α,β-unsaturated/α-hetero) is 1. The van der Waals surface area contributed by atoms with Crippen LogP contribution in [0, 0.1) is 17.8 Å². The standard InChI is InChI=1S/C36H29BrN2O6/c37-27-18-29(41)32-26(34(27)42)17-25-23(33(32)31-22-4-2-1-3-19(22)5-12-28(31)40)10-11-24-30(25)36(44)39(35(24)43)21-8-6-20(7-9-21)38-13-15-45-16-14-38/h1-10,12,18,24-25,30,33,40H,11,13-17H2/t24-,25+,30-,33+/m0/s1. The topological polar surface area (TPSA) is 104 Å². The number of hydrogen-bond donors (Lipinski definition) is 1. The van der Waals surface area contributed by atoms with Gasteiger partial charge >= 0.3 is 0 Å². The van der Waals surface area contributed by atoms with E-state index < -0.39 is 23.7 Å². The maximum Gasteiger partial charge on any atom is 0.238 e. The number of ketones is 2. The lowest BCUT2D eigenvalue weighted by Crippen LogP contribution is -2.39. The van der Waals surface area contributed by atoms with Gasteiger partial charge in [0.05, 0.1) is 35.2 Å². The van der Waals surface area contributed by atoms with Crippen LogP contribution >= 0.6 is 15.9 Å². The van der Waals surface area contributed by atoms with E-state index in [0.29, 0.717) is 42.0 Å². The lowest BCUT2D eigenvalue weighted by atomic mass is 9.59. The summed E-state index contributed by atoms with van der Waals surface area (Å²) in [5.74, 6) is -3.64. The number of nitrogens with zero attached hydrogens (tertiary/aromatic N) is 2. The van der Waals surface area contributed by atoms with Gasteiger partial charge in [-0.3, -0.25) is 24.1 Å². The summed E-state index contributed by atoms with van der Waals surface area (Å²) in [6, 6.07) is 18.5. The molecule has 3 aromatic carbocycles. The summed E-state index contributed by atoms with van der Waals surface area (Å²) >= 11 is 3.28. The van der Waals surface area contributed by atoms with E-state index in [0.717, 1.165) is 35.1 Å². The number of carbonyl (C=O) groups excluding carboxylic acids is 4. The van der Waals surface area contributed by atoms with Crippen molar-refractivity contribution < 1.29 is 29.0 Å². The molecule has 2 heterocycles. The van der Waals surface area contributed by atoms with E-state index in [1.54, 1.807) is 6.07 Å². The second kappa shape index (κ2) is 10.6. The lowest BCUT2D eigenvalue weighted by Gasteiger charge is -2.42. The Bertz CT molecular complexity index is 1920. The van der Waals surface area contributed by atoms with Gasteiger partial charge in [0.25, 0.3) is 0 Å². The molecular formula is C36H29BrN2O6. The molecule has 0 saturated carbocycles. The molecule has 0 spiro atoms. The van der Waals surface area contributed by atoms with Gasteiger partial charge in [-0.2, -0.15) is 0 Å². The third-order valence-electron chi connectivity index (χ3n) is 10.1. The van der Waals surface area contributed by atoms with Gasteiger partial charge in [0.1, 0.15) is 5.75 Å². The normalized spacial score (nSPS) is 26.5. The molecular weight excluding hydrogens is 636 g/mol. The predicted molar refractivity (Wildman–Crippen MR) is 172 cm³/mol. The molecule has 5 aliphatic rings. The Hall–Kier alpha value is -4.34. The van der Waals surface area contributed by atoms with Gasteiger partial charge in [-0.25, -0.2) is 0 Å². The quantitative estimate of drug-likeness (QED) is 0.229.